The third-order valence-corrected chi connectivity index (χ3v) is 3.72. The normalized spacial score (nSPS) is 17.8. The molecular weight excluding hydrogens is 224 g/mol. The lowest BCUT2D eigenvalue weighted by Crippen LogP contribution is -1.90. The highest BCUT2D eigenvalue weighted by molar-refractivity contribution is 5.67. The lowest BCUT2D eigenvalue weighted by molar-refractivity contribution is 0.180. The first-order chi connectivity index (χ1) is 8.65. The van der Waals surface area contributed by atoms with E-state index in [4.69, 9.17) is 0 Å². The van der Waals surface area contributed by atoms with Gasteiger partial charge in [-0.15, -0.1) is 0 Å². The number of fused-ring (bicyclic) bond motifs is 1. The molecule has 0 aromatic heterocycles. The second-order valence-electron chi connectivity index (χ2n) is 4.97. The molecule has 1 aliphatic rings. The van der Waals surface area contributed by atoms with Crippen molar-refractivity contribution in [2.75, 3.05) is 0 Å². The van der Waals surface area contributed by atoms with Crippen molar-refractivity contribution in [1.29, 1.82) is 0 Å². The van der Waals surface area contributed by atoms with Gasteiger partial charge in [-0.05, 0) is 59.7 Å². The number of benzene rings is 2. The maximum Gasteiger partial charge on any atom is 0.118 e. The molecule has 92 valence electrons. The number of aliphatic hydroxyl groups excluding tert-OH is 1. The summed E-state index contributed by atoms with van der Waals surface area (Å²) in [6.45, 7) is 1.90. The third-order valence-electron chi connectivity index (χ3n) is 3.72. The van der Waals surface area contributed by atoms with E-state index in [1.165, 1.54) is 5.56 Å². The number of hydrogen-bond donors (Lipinski definition) is 2. The van der Waals surface area contributed by atoms with Gasteiger partial charge in [-0.2, -0.15) is 0 Å². The zero-order chi connectivity index (χ0) is 12.7. The standard InChI is InChI=1S/C16H16O2/c1-10-8-11(3-6-15(10)17)12-2-5-14-13(9-12)4-7-16(14)18/h2-3,5-6,8-9,16-18H,4,7H2,1H3. The molecule has 0 heterocycles. The van der Waals surface area contributed by atoms with E-state index in [0.717, 1.165) is 35.1 Å². The van der Waals surface area contributed by atoms with Crippen molar-refractivity contribution in [3.8, 4) is 16.9 Å². The second kappa shape index (κ2) is 4.14. The molecular formula is C16H16O2. The summed E-state index contributed by atoms with van der Waals surface area (Å²) in [6, 6.07) is 11.9. The number of phenols is 1. The Morgan fingerprint density at radius 2 is 1.78 bits per heavy atom. The van der Waals surface area contributed by atoms with Gasteiger partial charge in [-0.25, -0.2) is 0 Å². The van der Waals surface area contributed by atoms with Crippen LogP contribution in [0.1, 0.15) is 29.2 Å². The molecule has 2 aromatic carbocycles. The van der Waals surface area contributed by atoms with Gasteiger partial charge in [0.25, 0.3) is 0 Å². The predicted molar refractivity (Wildman–Crippen MR) is 71.6 cm³/mol. The van der Waals surface area contributed by atoms with Crippen LogP contribution in [0, 0.1) is 6.92 Å². The van der Waals surface area contributed by atoms with Crippen molar-refractivity contribution in [2.45, 2.75) is 25.9 Å². The average molecular weight is 240 g/mol. The Labute approximate surface area is 107 Å². The fraction of sp³-hybridized carbons (Fsp3) is 0.250. The van der Waals surface area contributed by atoms with Gasteiger partial charge in [-0.3, -0.25) is 0 Å². The van der Waals surface area contributed by atoms with Crippen LogP contribution >= 0.6 is 0 Å². The predicted octanol–water partition coefficient (Wildman–Crippen LogP) is 3.35. The van der Waals surface area contributed by atoms with Gasteiger partial charge < -0.3 is 10.2 Å². The van der Waals surface area contributed by atoms with Crippen LogP contribution in [0.3, 0.4) is 0 Å². The first-order valence-corrected chi connectivity index (χ1v) is 6.26. The lowest BCUT2D eigenvalue weighted by Gasteiger charge is -2.08. The smallest absolute Gasteiger partial charge is 0.118 e. The molecule has 0 spiro atoms. The molecule has 2 nitrogen and oxygen atoms in total. The minimum Gasteiger partial charge on any atom is -0.508 e. The van der Waals surface area contributed by atoms with Crippen LogP contribution in [-0.2, 0) is 6.42 Å². The summed E-state index contributed by atoms with van der Waals surface area (Å²) in [5, 5.41) is 19.3. The summed E-state index contributed by atoms with van der Waals surface area (Å²) in [6.07, 6.45) is 1.48. The molecule has 2 aromatic rings. The SMILES string of the molecule is Cc1cc(-c2ccc3c(c2)CCC3O)ccc1O. The monoisotopic (exact) mass is 240 g/mol. The van der Waals surface area contributed by atoms with Crippen LogP contribution < -0.4 is 0 Å². The molecule has 18 heavy (non-hydrogen) atoms. The van der Waals surface area contributed by atoms with E-state index in [2.05, 4.69) is 6.07 Å². The highest BCUT2D eigenvalue weighted by Crippen LogP contribution is 2.34. The Bertz CT molecular complexity index is 602. The zero-order valence-corrected chi connectivity index (χ0v) is 10.4. The van der Waals surface area contributed by atoms with Crippen molar-refractivity contribution in [1.82, 2.24) is 0 Å². The molecule has 3 rings (SSSR count). The molecule has 2 N–H and O–H groups in total. The van der Waals surface area contributed by atoms with Gasteiger partial charge in [-0.1, -0.05) is 24.3 Å². The van der Waals surface area contributed by atoms with Gasteiger partial charge in [0.1, 0.15) is 5.75 Å². The van der Waals surface area contributed by atoms with Crippen molar-refractivity contribution in [3.63, 3.8) is 0 Å². The summed E-state index contributed by atoms with van der Waals surface area (Å²) < 4.78 is 0. The summed E-state index contributed by atoms with van der Waals surface area (Å²) in [7, 11) is 0. The summed E-state index contributed by atoms with van der Waals surface area (Å²) >= 11 is 0. The third kappa shape index (κ3) is 1.79. The topological polar surface area (TPSA) is 40.5 Å². The molecule has 0 aliphatic heterocycles. The number of hydrogen-bond acceptors (Lipinski definition) is 2. The van der Waals surface area contributed by atoms with Crippen LogP contribution in [0.25, 0.3) is 11.1 Å². The van der Waals surface area contributed by atoms with Crippen LogP contribution in [-0.4, -0.2) is 10.2 Å². The lowest BCUT2D eigenvalue weighted by atomic mass is 9.99. The molecule has 0 amide bonds. The van der Waals surface area contributed by atoms with Crippen LogP contribution in [0.5, 0.6) is 5.75 Å². The Balaban J connectivity index is 2.05. The molecule has 1 unspecified atom stereocenters. The van der Waals surface area contributed by atoms with E-state index in [1.54, 1.807) is 6.07 Å². The Morgan fingerprint density at radius 1 is 1.06 bits per heavy atom. The van der Waals surface area contributed by atoms with Crippen molar-refractivity contribution < 1.29 is 10.2 Å². The highest BCUT2D eigenvalue weighted by atomic mass is 16.3. The average Bonchev–Trinajstić information content (AvgIpc) is 2.74. The van der Waals surface area contributed by atoms with Crippen molar-refractivity contribution >= 4 is 0 Å². The molecule has 0 radical (unpaired) electrons. The van der Waals surface area contributed by atoms with E-state index in [9.17, 15) is 10.2 Å². The quantitative estimate of drug-likeness (QED) is 0.802. The molecule has 2 heteroatoms. The molecule has 0 fully saturated rings. The number of aliphatic hydroxyl groups is 1. The highest BCUT2D eigenvalue weighted by Gasteiger charge is 2.20. The Morgan fingerprint density at radius 3 is 2.56 bits per heavy atom. The van der Waals surface area contributed by atoms with Crippen molar-refractivity contribution in [2.24, 2.45) is 0 Å². The van der Waals surface area contributed by atoms with Crippen LogP contribution in [0.15, 0.2) is 36.4 Å². The summed E-state index contributed by atoms with van der Waals surface area (Å²) in [4.78, 5) is 0. The minimum absolute atomic E-state index is 0.296. The van der Waals surface area contributed by atoms with Crippen LogP contribution in [0.4, 0.5) is 0 Å². The Kier molecular flexibility index (Phi) is 2.60. The fourth-order valence-corrected chi connectivity index (χ4v) is 2.61. The molecule has 1 aliphatic carbocycles. The summed E-state index contributed by atoms with van der Waals surface area (Å²) in [5.74, 6) is 0.329. The van der Waals surface area contributed by atoms with Gasteiger partial charge in [0, 0.05) is 0 Å². The van der Waals surface area contributed by atoms with E-state index in [-0.39, 0.29) is 6.10 Å². The number of aryl methyl sites for hydroxylation is 2. The van der Waals surface area contributed by atoms with E-state index >= 15 is 0 Å². The van der Waals surface area contributed by atoms with Gasteiger partial charge in [0.15, 0.2) is 0 Å². The minimum atomic E-state index is -0.296. The van der Waals surface area contributed by atoms with Gasteiger partial charge in [0.2, 0.25) is 0 Å². The van der Waals surface area contributed by atoms with E-state index in [0.29, 0.717) is 5.75 Å². The Hall–Kier alpha value is -1.80. The first kappa shape index (κ1) is 11.3. The summed E-state index contributed by atoms with van der Waals surface area (Å²) in [5.41, 5.74) is 5.44. The number of rotatable bonds is 1. The molecule has 0 saturated carbocycles. The number of aromatic hydroxyl groups is 1. The first-order valence-electron chi connectivity index (χ1n) is 6.26. The molecule has 0 bridgehead atoms. The van der Waals surface area contributed by atoms with E-state index in [1.807, 2.05) is 31.2 Å². The van der Waals surface area contributed by atoms with Crippen molar-refractivity contribution in [3.05, 3.63) is 53.1 Å². The van der Waals surface area contributed by atoms with Gasteiger partial charge >= 0.3 is 0 Å². The zero-order valence-electron chi connectivity index (χ0n) is 10.4. The fourth-order valence-electron chi connectivity index (χ4n) is 2.61. The van der Waals surface area contributed by atoms with Crippen LogP contribution in [0.2, 0.25) is 0 Å². The van der Waals surface area contributed by atoms with Gasteiger partial charge in [0.05, 0.1) is 6.10 Å². The van der Waals surface area contributed by atoms with E-state index < -0.39 is 0 Å². The second-order valence-corrected chi connectivity index (χ2v) is 4.97. The maximum absolute atomic E-state index is 9.79. The maximum atomic E-state index is 9.79. The molecule has 1 atom stereocenters. The number of phenolic OH excluding ortho intramolecular Hbond substituents is 1. The largest absolute Gasteiger partial charge is 0.508 e. The molecule has 0 saturated heterocycles.